The minimum absolute atomic E-state index is 0.0678. The zero-order valence-electron chi connectivity index (χ0n) is 13.5. The predicted octanol–water partition coefficient (Wildman–Crippen LogP) is 3.94. The Balaban J connectivity index is 1.70. The molecule has 1 aromatic carbocycles. The predicted molar refractivity (Wildman–Crippen MR) is 97.8 cm³/mol. The van der Waals surface area contributed by atoms with Gasteiger partial charge in [0.05, 0.1) is 12.1 Å². The van der Waals surface area contributed by atoms with Gasteiger partial charge in [-0.1, -0.05) is 31.2 Å². The van der Waals surface area contributed by atoms with Crippen molar-refractivity contribution in [3.63, 3.8) is 0 Å². The Hall–Kier alpha value is -2.53. The number of amides is 1. The van der Waals surface area contributed by atoms with Crippen LogP contribution in [-0.2, 0) is 11.2 Å². The first-order valence-electron chi connectivity index (χ1n) is 7.98. The molecule has 0 bridgehead atoms. The second-order valence-electron chi connectivity index (χ2n) is 5.50. The van der Waals surface area contributed by atoms with E-state index in [1.165, 1.54) is 0 Å². The van der Waals surface area contributed by atoms with Gasteiger partial charge in [-0.2, -0.15) is 0 Å². The molecule has 0 radical (unpaired) electrons. The summed E-state index contributed by atoms with van der Waals surface area (Å²) >= 11 is 1.62. The maximum absolute atomic E-state index is 11.8. The lowest BCUT2D eigenvalue weighted by Gasteiger charge is -2.04. The normalized spacial score (nSPS) is 10.5. The Labute approximate surface area is 145 Å². The van der Waals surface area contributed by atoms with Crippen molar-refractivity contribution in [2.75, 3.05) is 6.54 Å². The summed E-state index contributed by atoms with van der Waals surface area (Å²) in [5.41, 5.74) is 4.10. The number of benzene rings is 1. The van der Waals surface area contributed by atoms with Crippen LogP contribution in [0.15, 0.2) is 54.2 Å². The fourth-order valence-electron chi connectivity index (χ4n) is 2.34. The molecular weight excluding hydrogens is 318 g/mol. The molecule has 5 heteroatoms. The monoisotopic (exact) mass is 337 g/mol. The van der Waals surface area contributed by atoms with Crippen LogP contribution in [0.3, 0.4) is 0 Å². The first-order valence-corrected chi connectivity index (χ1v) is 8.86. The van der Waals surface area contributed by atoms with Crippen LogP contribution >= 0.6 is 11.3 Å². The third kappa shape index (κ3) is 4.06. The maximum atomic E-state index is 11.8. The standard InChI is InChI=1S/C19H19N3OS/c1-2-9-21-18(23)12-14-3-5-15(6-4-14)17-13-24-19(22-17)16-7-10-20-11-8-16/h3-8,10-11,13H,2,9,12H2,1H3,(H,21,23). The van der Waals surface area contributed by atoms with Gasteiger partial charge < -0.3 is 5.32 Å². The molecule has 0 unspecified atom stereocenters. The first-order chi connectivity index (χ1) is 11.8. The minimum Gasteiger partial charge on any atom is -0.356 e. The Kier molecular flexibility index (Phi) is 5.33. The van der Waals surface area contributed by atoms with Crippen LogP contribution in [0.1, 0.15) is 18.9 Å². The number of carbonyl (C=O) groups is 1. The molecule has 122 valence electrons. The highest BCUT2D eigenvalue weighted by molar-refractivity contribution is 7.13. The van der Waals surface area contributed by atoms with Gasteiger partial charge in [-0.15, -0.1) is 11.3 Å². The van der Waals surface area contributed by atoms with Crippen LogP contribution < -0.4 is 5.32 Å². The third-order valence-corrected chi connectivity index (χ3v) is 4.51. The number of hydrogen-bond donors (Lipinski definition) is 1. The lowest BCUT2D eigenvalue weighted by Crippen LogP contribution is -2.25. The summed E-state index contributed by atoms with van der Waals surface area (Å²) in [7, 11) is 0. The zero-order chi connectivity index (χ0) is 16.8. The van der Waals surface area contributed by atoms with E-state index in [0.717, 1.165) is 40.4 Å². The highest BCUT2D eigenvalue weighted by Crippen LogP contribution is 2.28. The highest BCUT2D eigenvalue weighted by atomic mass is 32.1. The molecule has 24 heavy (non-hydrogen) atoms. The summed E-state index contributed by atoms with van der Waals surface area (Å²) in [6, 6.07) is 11.9. The van der Waals surface area contributed by atoms with E-state index in [1.807, 2.05) is 43.3 Å². The second kappa shape index (κ2) is 7.84. The van der Waals surface area contributed by atoms with Crippen molar-refractivity contribution in [3.05, 3.63) is 59.7 Å². The van der Waals surface area contributed by atoms with Crippen molar-refractivity contribution in [2.24, 2.45) is 0 Å². The van der Waals surface area contributed by atoms with E-state index >= 15 is 0 Å². The van der Waals surface area contributed by atoms with Gasteiger partial charge in [-0.05, 0) is 24.1 Å². The molecule has 1 amide bonds. The molecule has 2 aromatic heterocycles. The number of nitrogens with zero attached hydrogens (tertiary/aromatic N) is 2. The molecule has 3 aromatic rings. The number of rotatable bonds is 6. The minimum atomic E-state index is 0.0678. The fourth-order valence-corrected chi connectivity index (χ4v) is 3.17. The van der Waals surface area contributed by atoms with Gasteiger partial charge in [0, 0.05) is 35.4 Å². The molecule has 2 heterocycles. The molecule has 0 fully saturated rings. The topological polar surface area (TPSA) is 54.9 Å². The van der Waals surface area contributed by atoms with Gasteiger partial charge in [0.2, 0.25) is 5.91 Å². The van der Waals surface area contributed by atoms with E-state index in [1.54, 1.807) is 23.7 Å². The summed E-state index contributed by atoms with van der Waals surface area (Å²) < 4.78 is 0. The van der Waals surface area contributed by atoms with Crippen molar-refractivity contribution in [1.29, 1.82) is 0 Å². The Morgan fingerprint density at radius 3 is 2.54 bits per heavy atom. The van der Waals surface area contributed by atoms with Crippen LogP contribution in [-0.4, -0.2) is 22.4 Å². The molecule has 0 saturated heterocycles. The lowest BCUT2D eigenvalue weighted by atomic mass is 10.1. The van der Waals surface area contributed by atoms with Crippen LogP contribution in [0.2, 0.25) is 0 Å². The smallest absolute Gasteiger partial charge is 0.224 e. The summed E-state index contributed by atoms with van der Waals surface area (Å²) in [6.45, 7) is 2.77. The van der Waals surface area contributed by atoms with E-state index in [-0.39, 0.29) is 5.91 Å². The molecule has 4 nitrogen and oxygen atoms in total. The van der Waals surface area contributed by atoms with Crippen LogP contribution in [0.4, 0.5) is 0 Å². The average molecular weight is 337 g/mol. The van der Waals surface area contributed by atoms with Crippen LogP contribution in [0.5, 0.6) is 0 Å². The zero-order valence-corrected chi connectivity index (χ0v) is 14.3. The number of carbonyl (C=O) groups excluding carboxylic acids is 1. The summed E-state index contributed by atoms with van der Waals surface area (Å²) in [6.07, 6.45) is 4.91. The third-order valence-electron chi connectivity index (χ3n) is 3.62. The van der Waals surface area contributed by atoms with Crippen molar-refractivity contribution >= 4 is 17.2 Å². The molecule has 0 aliphatic rings. The van der Waals surface area contributed by atoms with E-state index in [0.29, 0.717) is 6.42 Å². The van der Waals surface area contributed by atoms with Crippen molar-refractivity contribution < 1.29 is 4.79 Å². The van der Waals surface area contributed by atoms with Gasteiger partial charge in [-0.3, -0.25) is 9.78 Å². The Morgan fingerprint density at radius 1 is 1.08 bits per heavy atom. The average Bonchev–Trinajstić information content (AvgIpc) is 3.11. The molecular formula is C19H19N3OS. The van der Waals surface area contributed by atoms with Gasteiger partial charge >= 0.3 is 0 Å². The highest BCUT2D eigenvalue weighted by Gasteiger charge is 2.07. The largest absolute Gasteiger partial charge is 0.356 e. The van der Waals surface area contributed by atoms with Crippen molar-refractivity contribution in [3.8, 4) is 21.8 Å². The summed E-state index contributed by atoms with van der Waals surface area (Å²) in [5.74, 6) is 0.0678. The molecule has 1 N–H and O–H groups in total. The number of nitrogens with one attached hydrogen (secondary N) is 1. The first kappa shape index (κ1) is 16.3. The number of hydrogen-bond acceptors (Lipinski definition) is 4. The van der Waals surface area contributed by atoms with Crippen molar-refractivity contribution in [2.45, 2.75) is 19.8 Å². The summed E-state index contributed by atoms with van der Waals surface area (Å²) in [4.78, 5) is 20.5. The molecule has 0 spiro atoms. The van der Waals surface area contributed by atoms with Gasteiger partial charge in [0.1, 0.15) is 5.01 Å². The number of thiazole rings is 1. The lowest BCUT2D eigenvalue weighted by molar-refractivity contribution is -0.120. The molecule has 0 aliphatic heterocycles. The number of pyridine rings is 1. The fraction of sp³-hybridized carbons (Fsp3) is 0.211. The second-order valence-corrected chi connectivity index (χ2v) is 6.36. The van der Waals surface area contributed by atoms with E-state index in [2.05, 4.69) is 15.7 Å². The van der Waals surface area contributed by atoms with E-state index in [4.69, 9.17) is 4.98 Å². The van der Waals surface area contributed by atoms with Gasteiger partial charge in [-0.25, -0.2) is 4.98 Å². The van der Waals surface area contributed by atoms with E-state index in [9.17, 15) is 4.79 Å². The van der Waals surface area contributed by atoms with Crippen molar-refractivity contribution in [1.82, 2.24) is 15.3 Å². The van der Waals surface area contributed by atoms with Crippen LogP contribution in [0.25, 0.3) is 21.8 Å². The molecule has 0 aliphatic carbocycles. The van der Waals surface area contributed by atoms with Crippen LogP contribution in [0, 0.1) is 0 Å². The maximum Gasteiger partial charge on any atom is 0.224 e. The Bertz CT molecular complexity index is 797. The number of aromatic nitrogens is 2. The quantitative estimate of drug-likeness (QED) is 0.741. The van der Waals surface area contributed by atoms with Gasteiger partial charge in [0.25, 0.3) is 0 Å². The van der Waals surface area contributed by atoms with E-state index < -0.39 is 0 Å². The summed E-state index contributed by atoms with van der Waals surface area (Å²) in [5, 5.41) is 5.93. The molecule has 3 rings (SSSR count). The van der Waals surface area contributed by atoms with Gasteiger partial charge in [0.15, 0.2) is 0 Å². The SMILES string of the molecule is CCCNC(=O)Cc1ccc(-c2csc(-c3ccncc3)n2)cc1. The Morgan fingerprint density at radius 2 is 1.83 bits per heavy atom. The molecule has 0 saturated carbocycles. The molecule has 0 atom stereocenters.